The molecule has 2 aromatic rings. The zero-order valence-corrected chi connectivity index (χ0v) is 15.0. The van der Waals surface area contributed by atoms with Crippen molar-refractivity contribution >= 4 is 0 Å². The van der Waals surface area contributed by atoms with Crippen molar-refractivity contribution in [3.63, 3.8) is 0 Å². The molecule has 0 amide bonds. The van der Waals surface area contributed by atoms with Gasteiger partial charge >= 0.3 is 0 Å². The first-order chi connectivity index (χ1) is 12.2. The van der Waals surface area contributed by atoms with Crippen LogP contribution in [-0.4, -0.2) is 35.0 Å². The summed E-state index contributed by atoms with van der Waals surface area (Å²) in [4.78, 5) is 0. The van der Waals surface area contributed by atoms with Gasteiger partial charge < -0.3 is 19.4 Å². The molecule has 1 aliphatic heterocycles. The van der Waals surface area contributed by atoms with Crippen LogP contribution < -0.4 is 14.8 Å². The molecule has 1 N–H and O–H groups in total. The fourth-order valence-electron chi connectivity index (χ4n) is 3.06. The van der Waals surface area contributed by atoms with E-state index < -0.39 is 0 Å². The maximum Gasteiger partial charge on any atom is 0.161 e. The van der Waals surface area contributed by atoms with Crippen molar-refractivity contribution in [3.8, 4) is 11.5 Å². The van der Waals surface area contributed by atoms with Crippen LogP contribution in [0, 0.1) is 5.92 Å². The van der Waals surface area contributed by atoms with Gasteiger partial charge in [0.05, 0.1) is 7.11 Å². The van der Waals surface area contributed by atoms with Crippen LogP contribution in [-0.2, 0) is 19.5 Å². The minimum Gasteiger partial charge on any atom is -0.493 e. The molecule has 25 heavy (non-hydrogen) atoms. The van der Waals surface area contributed by atoms with E-state index in [9.17, 15) is 0 Å². The highest BCUT2D eigenvalue weighted by molar-refractivity contribution is 5.43. The smallest absolute Gasteiger partial charge is 0.161 e. The third kappa shape index (κ3) is 4.60. The first-order valence-corrected chi connectivity index (χ1v) is 8.67. The predicted molar refractivity (Wildman–Crippen MR) is 96.8 cm³/mol. The molecule has 1 unspecified atom stereocenters. The molecule has 0 saturated heterocycles. The van der Waals surface area contributed by atoms with E-state index in [0.29, 0.717) is 12.5 Å². The Morgan fingerprint density at radius 1 is 1.40 bits per heavy atom. The topological polar surface area (TPSA) is 61.2 Å². The molecule has 1 atom stereocenters. The number of nitrogens with one attached hydrogen (secondary N) is 1. The van der Waals surface area contributed by atoms with E-state index in [2.05, 4.69) is 32.7 Å². The summed E-state index contributed by atoms with van der Waals surface area (Å²) in [6.07, 6.45) is 3.99. The zero-order chi connectivity index (χ0) is 17.6. The van der Waals surface area contributed by atoms with Crippen LogP contribution in [0.3, 0.4) is 0 Å². The number of methoxy groups -OCH3 is 1. The molecular formula is C19H26N4O2. The van der Waals surface area contributed by atoms with Gasteiger partial charge in [0.25, 0.3) is 0 Å². The molecule has 134 valence electrons. The van der Waals surface area contributed by atoms with Gasteiger partial charge in [-0.1, -0.05) is 12.6 Å². The Morgan fingerprint density at radius 2 is 2.28 bits per heavy atom. The molecule has 6 heteroatoms. The molecule has 2 heterocycles. The van der Waals surface area contributed by atoms with Crippen molar-refractivity contribution in [1.29, 1.82) is 0 Å². The molecule has 3 rings (SSSR count). The predicted octanol–water partition coefficient (Wildman–Crippen LogP) is 2.59. The number of ether oxygens (including phenoxy) is 2. The van der Waals surface area contributed by atoms with Crippen molar-refractivity contribution < 1.29 is 9.47 Å². The lowest BCUT2D eigenvalue weighted by Gasteiger charge is -2.23. The van der Waals surface area contributed by atoms with Gasteiger partial charge in [0.1, 0.15) is 18.8 Å². The Hall–Kier alpha value is -2.34. The first kappa shape index (κ1) is 17.5. The Morgan fingerprint density at radius 3 is 3.08 bits per heavy atom. The lowest BCUT2D eigenvalue weighted by molar-refractivity contribution is 0.319. The van der Waals surface area contributed by atoms with Crippen LogP contribution in [0.4, 0.5) is 0 Å². The molecule has 1 aromatic heterocycles. The Labute approximate surface area is 148 Å². The minimum atomic E-state index is 0.497. The lowest BCUT2D eigenvalue weighted by Crippen LogP contribution is -2.29. The minimum absolute atomic E-state index is 0.497. The van der Waals surface area contributed by atoms with Gasteiger partial charge in [-0.15, -0.1) is 10.2 Å². The van der Waals surface area contributed by atoms with Crippen LogP contribution in [0.1, 0.15) is 24.7 Å². The quantitative estimate of drug-likeness (QED) is 0.747. The number of hydrogen-bond acceptors (Lipinski definition) is 5. The van der Waals surface area contributed by atoms with Gasteiger partial charge in [0.15, 0.2) is 11.5 Å². The van der Waals surface area contributed by atoms with Crippen molar-refractivity contribution in [1.82, 2.24) is 20.1 Å². The van der Waals surface area contributed by atoms with E-state index in [1.165, 1.54) is 5.56 Å². The molecule has 1 aromatic carbocycles. The second-order valence-corrected chi connectivity index (χ2v) is 6.67. The van der Waals surface area contributed by atoms with E-state index in [1.54, 1.807) is 7.11 Å². The van der Waals surface area contributed by atoms with Crippen molar-refractivity contribution in [2.75, 3.05) is 20.3 Å². The van der Waals surface area contributed by atoms with Crippen molar-refractivity contribution in [3.05, 3.63) is 48.1 Å². The third-order valence-corrected chi connectivity index (χ3v) is 4.39. The van der Waals surface area contributed by atoms with E-state index in [1.807, 2.05) is 25.4 Å². The summed E-state index contributed by atoms with van der Waals surface area (Å²) in [6.45, 7) is 9.09. The molecule has 0 saturated carbocycles. The Kier molecular flexibility index (Phi) is 5.71. The van der Waals surface area contributed by atoms with Gasteiger partial charge in [-0.2, -0.15) is 0 Å². The third-order valence-electron chi connectivity index (χ3n) is 4.39. The lowest BCUT2D eigenvalue weighted by atomic mass is 9.99. The van der Waals surface area contributed by atoms with Crippen LogP contribution >= 0.6 is 0 Å². The second-order valence-electron chi connectivity index (χ2n) is 6.67. The Balaban J connectivity index is 1.52. The molecule has 0 fully saturated rings. The molecule has 0 spiro atoms. The molecule has 1 aliphatic rings. The summed E-state index contributed by atoms with van der Waals surface area (Å²) < 4.78 is 13.3. The number of benzene rings is 1. The standard InChI is InChI=1S/C19H26N4O2/c1-14(2)12-25-18-8-15(4-6-17(18)24-3)9-20-10-16-5-7-19-22-21-13-23(19)11-16/h4,6,8,13,16,20H,1,5,7,9-12H2,2-3H3. The van der Waals surface area contributed by atoms with Crippen molar-refractivity contribution in [2.24, 2.45) is 5.92 Å². The Bertz CT molecular complexity index is 726. The zero-order valence-electron chi connectivity index (χ0n) is 15.0. The van der Waals surface area contributed by atoms with E-state index in [0.717, 1.165) is 55.4 Å². The fourth-order valence-corrected chi connectivity index (χ4v) is 3.06. The number of aryl methyl sites for hydroxylation is 1. The number of rotatable bonds is 8. The number of aromatic nitrogens is 3. The maximum absolute atomic E-state index is 5.79. The summed E-state index contributed by atoms with van der Waals surface area (Å²) in [6, 6.07) is 6.06. The number of nitrogens with zero attached hydrogens (tertiary/aromatic N) is 3. The average molecular weight is 342 g/mol. The highest BCUT2D eigenvalue weighted by Crippen LogP contribution is 2.28. The number of fused-ring (bicyclic) bond motifs is 1. The van der Waals surface area contributed by atoms with Gasteiger partial charge in [-0.3, -0.25) is 0 Å². The second kappa shape index (κ2) is 8.16. The molecular weight excluding hydrogens is 316 g/mol. The number of hydrogen-bond donors (Lipinski definition) is 1. The average Bonchev–Trinajstić information content (AvgIpc) is 3.08. The van der Waals surface area contributed by atoms with Crippen LogP contribution in [0.2, 0.25) is 0 Å². The largest absolute Gasteiger partial charge is 0.493 e. The molecule has 0 bridgehead atoms. The highest BCUT2D eigenvalue weighted by atomic mass is 16.5. The van der Waals surface area contributed by atoms with Crippen molar-refractivity contribution in [2.45, 2.75) is 32.9 Å². The van der Waals surface area contributed by atoms with E-state index in [4.69, 9.17) is 9.47 Å². The van der Waals surface area contributed by atoms with E-state index in [-0.39, 0.29) is 0 Å². The summed E-state index contributed by atoms with van der Waals surface area (Å²) in [5.74, 6) is 3.22. The monoisotopic (exact) mass is 342 g/mol. The summed E-state index contributed by atoms with van der Waals surface area (Å²) in [7, 11) is 1.66. The normalized spacial score (nSPS) is 16.3. The summed E-state index contributed by atoms with van der Waals surface area (Å²) in [5.41, 5.74) is 2.16. The van der Waals surface area contributed by atoms with Gasteiger partial charge in [0, 0.05) is 19.5 Å². The van der Waals surface area contributed by atoms with Gasteiger partial charge in [-0.25, -0.2) is 0 Å². The fraction of sp³-hybridized carbons (Fsp3) is 0.474. The van der Waals surface area contributed by atoms with Crippen LogP contribution in [0.25, 0.3) is 0 Å². The van der Waals surface area contributed by atoms with Crippen LogP contribution in [0.15, 0.2) is 36.7 Å². The first-order valence-electron chi connectivity index (χ1n) is 8.67. The SMILES string of the molecule is C=C(C)COc1cc(CNCC2CCc3nncn3C2)ccc1OC. The summed E-state index contributed by atoms with van der Waals surface area (Å²) >= 11 is 0. The van der Waals surface area contributed by atoms with Crippen LogP contribution in [0.5, 0.6) is 11.5 Å². The molecule has 6 nitrogen and oxygen atoms in total. The van der Waals surface area contributed by atoms with Gasteiger partial charge in [-0.05, 0) is 49.1 Å². The highest BCUT2D eigenvalue weighted by Gasteiger charge is 2.19. The van der Waals surface area contributed by atoms with Gasteiger partial charge in [0.2, 0.25) is 0 Å². The molecule has 0 radical (unpaired) electrons. The summed E-state index contributed by atoms with van der Waals surface area (Å²) in [5, 5.41) is 11.7. The maximum atomic E-state index is 5.79. The molecule has 0 aliphatic carbocycles. The van der Waals surface area contributed by atoms with E-state index >= 15 is 0 Å².